The SMILES string of the molecule is CN(C)CC1CN(c2ccc3ncnc(Nc4ccc5c(cnn5Cc5cccc(F)c5)c4)c3c2)C=C1CCO. The molecule has 0 spiro atoms. The summed E-state index contributed by atoms with van der Waals surface area (Å²) in [5.74, 6) is 0.846. The number of anilines is 3. The summed E-state index contributed by atoms with van der Waals surface area (Å²) in [6, 6.07) is 18.9. The van der Waals surface area contributed by atoms with Crippen molar-refractivity contribution in [1.29, 1.82) is 0 Å². The van der Waals surface area contributed by atoms with Gasteiger partial charge in [0, 0.05) is 54.0 Å². The molecule has 0 aliphatic carbocycles. The summed E-state index contributed by atoms with van der Waals surface area (Å²) >= 11 is 0. The highest BCUT2D eigenvalue weighted by atomic mass is 19.1. The zero-order chi connectivity index (χ0) is 27.6. The molecule has 5 aromatic rings. The number of hydrogen-bond acceptors (Lipinski definition) is 7. The number of rotatable bonds is 9. The summed E-state index contributed by atoms with van der Waals surface area (Å²) in [5, 5.41) is 19.5. The molecule has 0 saturated carbocycles. The Morgan fingerprint density at radius 3 is 2.80 bits per heavy atom. The van der Waals surface area contributed by atoms with Gasteiger partial charge in [0.1, 0.15) is 18.0 Å². The van der Waals surface area contributed by atoms with Gasteiger partial charge in [-0.2, -0.15) is 5.10 Å². The standard InChI is InChI=1S/C31H32FN7O/c1-37(2)17-24-19-38(18-22(24)10-11-40)27-7-8-29-28(14-27)31(34-20-33-29)36-26-6-9-30-23(13-26)15-35-39(30)16-21-4-3-5-25(32)12-21/h3-9,12-15,18,20,24,40H,10-11,16-17,19H2,1-2H3,(H,33,34,36). The number of aromatic nitrogens is 4. The molecule has 1 atom stereocenters. The average molecular weight is 538 g/mol. The highest BCUT2D eigenvalue weighted by molar-refractivity contribution is 5.94. The Morgan fingerprint density at radius 1 is 1.07 bits per heavy atom. The van der Waals surface area contributed by atoms with Gasteiger partial charge in [0.25, 0.3) is 0 Å². The Morgan fingerprint density at radius 2 is 1.98 bits per heavy atom. The molecule has 9 heteroatoms. The Bertz CT molecular complexity index is 1700. The Kier molecular flexibility index (Phi) is 7.15. The number of hydrogen-bond donors (Lipinski definition) is 2. The maximum Gasteiger partial charge on any atom is 0.141 e. The molecule has 3 heterocycles. The number of nitrogens with zero attached hydrogens (tertiary/aromatic N) is 6. The molecule has 204 valence electrons. The van der Waals surface area contributed by atoms with E-state index in [0.29, 0.717) is 18.9 Å². The highest BCUT2D eigenvalue weighted by Gasteiger charge is 2.25. The van der Waals surface area contributed by atoms with Crippen LogP contribution in [0, 0.1) is 11.7 Å². The molecule has 3 aromatic carbocycles. The summed E-state index contributed by atoms with van der Waals surface area (Å²) in [7, 11) is 4.16. The zero-order valence-electron chi connectivity index (χ0n) is 22.6. The van der Waals surface area contributed by atoms with Gasteiger partial charge in [0.2, 0.25) is 0 Å². The van der Waals surface area contributed by atoms with Crippen molar-refractivity contribution in [2.75, 3.05) is 44.0 Å². The van der Waals surface area contributed by atoms with E-state index < -0.39 is 0 Å². The van der Waals surface area contributed by atoms with Gasteiger partial charge in [-0.15, -0.1) is 0 Å². The number of halogens is 1. The molecule has 2 aromatic heterocycles. The Hall–Kier alpha value is -4.34. The predicted octanol–water partition coefficient (Wildman–Crippen LogP) is 5.17. The van der Waals surface area contributed by atoms with Crippen molar-refractivity contribution in [2.45, 2.75) is 13.0 Å². The van der Waals surface area contributed by atoms with Crippen LogP contribution in [0.3, 0.4) is 0 Å². The molecule has 1 unspecified atom stereocenters. The minimum atomic E-state index is -0.250. The van der Waals surface area contributed by atoms with E-state index in [-0.39, 0.29) is 12.4 Å². The van der Waals surface area contributed by atoms with Crippen molar-refractivity contribution in [3.8, 4) is 0 Å². The van der Waals surface area contributed by atoms with E-state index in [1.807, 2.05) is 41.2 Å². The van der Waals surface area contributed by atoms with Gasteiger partial charge in [-0.3, -0.25) is 4.68 Å². The van der Waals surface area contributed by atoms with Gasteiger partial charge in [0.05, 0.1) is 23.8 Å². The molecule has 0 radical (unpaired) electrons. The third-order valence-corrected chi connectivity index (χ3v) is 7.33. The second-order valence-electron chi connectivity index (χ2n) is 10.5. The molecular formula is C31H32FN7O. The summed E-state index contributed by atoms with van der Waals surface area (Å²) < 4.78 is 15.5. The second-order valence-corrected chi connectivity index (χ2v) is 10.5. The molecule has 8 nitrogen and oxygen atoms in total. The minimum absolute atomic E-state index is 0.150. The number of aliphatic hydroxyl groups is 1. The number of fused-ring (bicyclic) bond motifs is 2. The minimum Gasteiger partial charge on any atom is -0.396 e. The summed E-state index contributed by atoms with van der Waals surface area (Å²) in [6.07, 6.45) is 6.25. The fraction of sp³-hybridized carbons (Fsp3) is 0.258. The van der Waals surface area contributed by atoms with Crippen LogP contribution in [0.25, 0.3) is 21.8 Å². The first-order valence-corrected chi connectivity index (χ1v) is 13.4. The molecule has 0 amide bonds. The van der Waals surface area contributed by atoms with Gasteiger partial charge in [-0.1, -0.05) is 12.1 Å². The monoisotopic (exact) mass is 537 g/mol. The summed E-state index contributed by atoms with van der Waals surface area (Å²) in [6.45, 7) is 2.45. The lowest BCUT2D eigenvalue weighted by Gasteiger charge is -2.22. The molecule has 40 heavy (non-hydrogen) atoms. The van der Waals surface area contributed by atoms with Crippen molar-refractivity contribution in [2.24, 2.45) is 5.92 Å². The average Bonchev–Trinajstić information content (AvgIpc) is 3.52. The van der Waals surface area contributed by atoms with Crippen molar-refractivity contribution in [1.82, 2.24) is 24.6 Å². The molecule has 0 saturated heterocycles. The van der Waals surface area contributed by atoms with Crippen molar-refractivity contribution in [3.63, 3.8) is 0 Å². The lowest BCUT2D eigenvalue weighted by atomic mass is 9.99. The molecule has 0 bridgehead atoms. The van der Waals surface area contributed by atoms with E-state index in [1.165, 1.54) is 17.7 Å². The smallest absolute Gasteiger partial charge is 0.141 e. The zero-order valence-corrected chi connectivity index (χ0v) is 22.6. The largest absolute Gasteiger partial charge is 0.396 e. The van der Waals surface area contributed by atoms with E-state index in [2.05, 4.69) is 62.6 Å². The quantitative estimate of drug-likeness (QED) is 0.268. The normalized spacial score (nSPS) is 15.4. The van der Waals surface area contributed by atoms with Crippen molar-refractivity contribution < 1.29 is 9.50 Å². The molecular weight excluding hydrogens is 505 g/mol. The van der Waals surface area contributed by atoms with Gasteiger partial charge >= 0.3 is 0 Å². The van der Waals surface area contributed by atoms with E-state index in [0.717, 1.165) is 57.7 Å². The topological polar surface area (TPSA) is 82.3 Å². The van der Waals surface area contributed by atoms with Gasteiger partial charge in [-0.05, 0) is 80.2 Å². The van der Waals surface area contributed by atoms with Gasteiger partial charge in [0.15, 0.2) is 0 Å². The Balaban J connectivity index is 1.26. The fourth-order valence-corrected chi connectivity index (χ4v) is 5.47. The number of aliphatic hydroxyl groups excluding tert-OH is 1. The molecule has 2 N–H and O–H groups in total. The second kappa shape index (κ2) is 11.0. The van der Waals surface area contributed by atoms with Crippen LogP contribution in [0.1, 0.15) is 12.0 Å². The summed E-state index contributed by atoms with van der Waals surface area (Å²) in [5.41, 5.74) is 5.91. The third kappa shape index (κ3) is 5.38. The van der Waals surface area contributed by atoms with Crippen LogP contribution in [0.4, 0.5) is 21.6 Å². The first-order chi connectivity index (χ1) is 19.5. The summed E-state index contributed by atoms with van der Waals surface area (Å²) in [4.78, 5) is 13.5. The fourth-order valence-electron chi connectivity index (χ4n) is 5.47. The van der Waals surface area contributed by atoms with E-state index >= 15 is 0 Å². The van der Waals surface area contributed by atoms with Crippen molar-refractivity contribution >= 4 is 39.0 Å². The number of nitrogens with one attached hydrogen (secondary N) is 1. The van der Waals surface area contributed by atoms with Crippen LogP contribution < -0.4 is 10.2 Å². The maximum atomic E-state index is 13.6. The van der Waals surface area contributed by atoms with Crippen LogP contribution in [0.5, 0.6) is 0 Å². The van der Waals surface area contributed by atoms with Gasteiger partial charge < -0.3 is 20.2 Å². The maximum absolute atomic E-state index is 13.6. The molecule has 1 aliphatic heterocycles. The highest BCUT2D eigenvalue weighted by Crippen LogP contribution is 2.33. The Labute approximate surface area is 232 Å². The first kappa shape index (κ1) is 25.9. The van der Waals surface area contributed by atoms with E-state index in [9.17, 15) is 9.50 Å². The van der Waals surface area contributed by atoms with Crippen LogP contribution in [-0.4, -0.2) is 63.5 Å². The van der Waals surface area contributed by atoms with Crippen LogP contribution in [-0.2, 0) is 6.54 Å². The van der Waals surface area contributed by atoms with Crippen molar-refractivity contribution in [3.05, 3.63) is 96.3 Å². The lowest BCUT2D eigenvalue weighted by molar-refractivity contribution is 0.288. The molecule has 6 rings (SSSR count). The molecule has 1 aliphatic rings. The third-order valence-electron chi connectivity index (χ3n) is 7.33. The van der Waals surface area contributed by atoms with E-state index in [1.54, 1.807) is 12.4 Å². The lowest BCUT2D eigenvalue weighted by Crippen LogP contribution is -2.27. The van der Waals surface area contributed by atoms with Crippen LogP contribution in [0.15, 0.2) is 85.0 Å². The molecule has 0 fully saturated rings. The predicted molar refractivity (Wildman–Crippen MR) is 157 cm³/mol. The number of benzene rings is 3. The van der Waals surface area contributed by atoms with Crippen LogP contribution >= 0.6 is 0 Å². The van der Waals surface area contributed by atoms with Gasteiger partial charge in [-0.25, -0.2) is 14.4 Å². The van der Waals surface area contributed by atoms with E-state index in [4.69, 9.17) is 0 Å². The first-order valence-electron chi connectivity index (χ1n) is 13.4. The van der Waals surface area contributed by atoms with Crippen LogP contribution in [0.2, 0.25) is 0 Å².